The third-order valence-corrected chi connectivity index (χ3v) is 3.74. The van der Waals surface area contributed by atoms with Crippen LogP contribution in [0.1, 0.15) is 12.0 Å². The number of aromatic nitrogens is 1. The van der Waals surface area contributed by atoms with Crippen molar-refractivity contribution in [3.8, 4) is 0 Å². The molecule has 84 valence electrons. The van der Waals surface area contributed by atoms with Gasteiger partial charge in [0.25, 0.3) is 0 Å². The summed E-state index contributed by atoms with van der Waals surface area (Å²) in [6.07, 6.45) is 1.13. The van der Waals surface area contributed by atoms with Gasteiger partial charge in [0, 0.05) is 6.42 Å². The maximum Gasteiger partial charge on any atom is 0.305 e. The van der Waals surface area contributed by atoms with Gasteiger partial charge in [0.2, 0.25) is 0 Å². The Labute approximate surface area is 106 Å². The van der Waals surface area contributed by atoms with Crippen molar-refractivity contribution >= 4 is 43.5 Å². The van der Waals surface area contributed by atoms with E-state index in [1.165, 1.54) is 7.11 Å². The second-order valence-electron chi connectivity index (χ2n) is 3.35. The van der Waals surface area contributed by atoms with E-state index in [9.17, 15) is 4.79 Å². The molecule has 0 fully saturated rings. The first-order valence-electron chi connectivity index (χ1n) is 4.81. The minimum absolute atomic E-state index is 0.175. The molecule has 1 heterocycles. The number of ether oxygens (including phenoxy) is 1. The SMILES string of the molecule is COC(=O)CCc1ccc2nc(Br)sc2c1. The van der Waals surface area contributed by atoms with Gasteiger partial charge < -0.3 is 4.74 Å². The Morgan fingerprint density at radius 3 is 3.12 bits per heavy atom. The van der Waals surface area contributed by atoms with Crippen LogP contribution in [0.15, 0.2) is 22.1 Å². The maximum absolute atomic E-state index is 11.0. The number of halogens is 1. The highest BCUT2D eigenvalue weighted by atomic mass is 79.9. The number of hydrogen-bond acceptors (Lipinski definition) is 4. The van der Waals surface area contributed by atoms with Crippen LogP contribution in [0.3, 0.4) is 0 Å². The molecule has 0 aliphatic carbocycles. The molecule has 2 rings (SSSR count). The third-order valence-electron chi connectivity index (χ3n) is 2.27. The van der Waals surface area contributed by atoms with Crippen molar-refractivity contribution in [2.24, 2.45) is 0 Å². The number of esters is 1. The monoisotopic (exact) mass is 299 g/mol. The number of nitrogens with zero attached hydrogens (tertiary/aromatic N) is 1. The van der Waals surface area contributed by atoms with Crippen LogP contribution in [0.25, 0.3) is 10.2 Å². The molecule has 0 aliphatic heterocycles. The molecule has 1 aromatic heterocycles. The molecule has 0 saturated heterocycles. The molecule has 0 spiro atoms. The molecule has 2 aromatic rings. The fourth-order valence-electron chi connectivity index (χ4n) is 1.44. The lowest BCUT2D eigenvalue weighted by molar-refractivity contribution is -0.140. The number of carbonyl (C=O) groups is 1. The summed E-state index contributed by atoms with van der Waals surface area (Å²) in [4.78, 5) is 15.3. The van der Waals surface area contributed by atoms with E-state index in [0.29, 0.717) is 12.8 Å². The van der Waals surface area contributed by atoms with Gasteiger partial charge in [-0.1, -0.05) is 6.07 Å². The summed E-state index contributed by atoms with van der Waals surface area (Å²) in [5.74, 6) is -0.175. The van der Waals surface area contributed by atoms with Gasteiger partial charge in [0.15, 0.2) is 3.92 Å². The van der Waals surface area contributed by atoms with Gasteiger partial charge >= 0.3 is 5.97 Å². The largest absolute Gasteiger partial charge is 0.469 e. The Bertz CT molecular complexity index is 524. The van der Waals surface area contributed by atoms with Crippen LogP contribution >= 0.6 is 27.3 Å². The predicted molar refractivity (Wildman–Crippen MR) is 67.7 cm³/mol. The van der Waals surface area contributed by atoms with Crippen molar-refractivity contribution in [1.29, 1.82) is 0 Å². The van der Waals surface area contributed by atoms with Gasteiger partial charge in [-0.25, -0.2) is 4.98 Å². The standard InChI is InChI=1S/C11H10BrNO2S/c1-15-10(14)5-3-7-2-4-8-9(6-7)16-11(12)13-8/h2,4,6H,3,5H2,1H3. The van der Waals surface area contributed by atoms with E-state index in [4.69, 9.17) is 0 Å². The van der Waals surface area contributed by atoms with E-state index in [2.05, 4.69) is 31.7 Å². The van der Waals surface area contributed by atoms with E-state index in [1.54, 1.807) is 11.3 Å². The number of aryl methyl sites for hydroxylation is 1. The second kappa shape index (κ2) is 4.93. The van der Waals surface area contributed by atoms with Gasteiger partial charge in [-0.15, -0.1) is 11.3 Å². The molecular weight excluding hydrogens is 290 g/mol. The first-order valence-corrected chi connectivity index (χ1v) is 6.42. The fourth-order valence-corrected chi connectivity index (χ4v) is 2.91. The molecule has 1 aromatic carbocycles. The highest BCUT2D eigenvalue weighted by Crippen LogP contribution is 2.27. The van der Waals surface area contributed by atoms with Gasteiger partial charge in [0.05, 0.1) is 17.3 Å². The summed E-state index contributed by atoms with van der Waals surface area (Å²) in [5, 5.41) is 0. The number of carbonyl (C=O) groups excluding carboxylic acids is 1. The van der Waals surface area contributed by atoms with E-state index in [-0.39, 0.29) is 5.97 Å². The molecular formula is C11H10BrNO2S. The van der Waals surface area contributed by atoms with Gasteiger partial charge in [-0.3, -0.25) is 4.79 Å². The topological polar surface area (TPSA) is 39.2 Å². The van der Waals surface area contributed by atoms with Gasteiger partial charge in [-0.2, -0.15) is 0 Å². The molecule has 0 aliphatic rings. The van der Waals surface area contributed by atoms with E-state index in [1.807, 2.05) is 12.1 Å². The summed E-state index contributed by atoms with van der Waals surface area (Å²) in [6.45, 7) is 0. The molecule has 5 heteroatoms. The number of fused-ring (bicyclic) bond motifs is 1. The van der Waals surface area contributed by atoms with Crippen molar-refractivity contribution in [1.82, 2.24) is 4.98 Å². The second-order valence-corrected chi connectivity index (χ2v) is 5.65. The molecule has 0 N–H and O–H groups in total. The van der Waals surface area contributed by atoms with Crippen LogP contribution in [-0.4, -0.2) is 18.1 Å². The van der Waals surface area contributed by atoms with E-state index in [0.717, 1.165) is 19.7 Å². The summed E-state index contributed by atoms with van der Waals surface area (Å²) in [7, 11) is 1.41. The number of methoxy groups -OCH3 is 1. The Morgan fingerprint density at radius 1 is 1.56 bits per heavy atom. The smallest absolute Gasteiger partial charge is 0.305 e. The summed E-state index contributed by atoms with van der Waals surface area (Å²) in [5.41, 5.74) is 2.12. The van der Waals surface area contributed by atoms with Crippen LogP contribution < -0.4 is 0 Å². The molecule has 3 nitrogen and oxygen atoms in total. The number of rotatable bonds is 3. The van der Waals surface area contributed by atoms with Crippen molar-refractivity contribution in [2.45, 2.75) is 12.8 Å². The zero-order valence-electron chi connectivity index (χ0n) is 8.70. The van der Waals surface area contributed by atoms with Crippen LogP contribution in [-0.2, 0) is 16.0 Å². The van der Waals surface area contributed by atoms with Crippen molar-refractivity contribution in [3.63, 3.8) is 0 Å². The third kappa shape index (κ3) is 2.59. The molecule has 16 heavy (non-hydrogen) atoms. The highest BCUT2D eigenvalue weighted by molar-refractivity contribution is 9.11. The first-order chi connectivity index (χ1) is 7.69. The van der Waals surface area contributed by atoms with Crippen molar-refractivity contribution < 1.29 is 9.53 Å². The number of thiazole rings is 1. The quantitative estimate of drug-likeness (QED) is 0.817. The van der Waals surface area contributed by atoms with Gasteiger partial charge in [-0.05, 0) is 40.0 Å². The average Bonchev–Trinajstić information content (AvgIpc) is 2.65. The molecule has 0 amide bonds. The Balaban J connectivity index is 2.16. The molecule has 0 atom stereocenters. The van der Waals surface area contributed by atoms with E-state index >= 15 is 0 Å². The van der Waals surface area contributed by atoms with Crippen molar-refractivity contribution in [2.75, 3.05) is 7.11 Å². The molecule has 0 radical (unpaired) electrons. The minimum atomic E-state index is -0.175. The average molecular weight is 300 g/mol. The first kappa shape index (κ1) is 11.5. The predicted octanol–water partition coefficient (Wildman–Crippen LogP) is 3.16. The summed E-state index contributed by atoms with van der Waals surface area (Å²) < 4.78 is 6.62. The minimum Gasteiger partial charge on any atom is -0.469 e. The fraction of sp³-hybridized carbons (Fsp3) is 0.273. The van der Waals surface area contributed by atoms with E-state index < -0.39 is 0 Å². The van der Waals surface area contributed by atoms with Gasteiger partial charge in [0.1, 0.15) is 0 Å². The Morgan fingerprint density at radius 2 is 2.38 bits per heavy atom. The van der Waals surface area contributed by atoms with Crippen LogP contribution in [0.2, 0.25) is 0 Å². The lowest BCUT2D eigenvalue weighted by atomic mass is 10.1. The Kier molecular flexibility index (Phi) is 3.56. The zero-order valence-corrected chi connectivity index (χ0v) is 11.1. The molecule has 0 saturated carbocycles. The van der Waals surface area contributed by atoms with Crippen molar-refractivity contribution in [3.05, 3.63) is 27.7 Å². The number of benzene rings is 1. The Hall–Kier alpha value is -0.940. The van der Waals surface area contributed by atoms with Crippen LogP contribution in [0, 0.1) is 0 Å². The van der Waals surface area contributed by atoms with Crippen LogP contribution in [0.4, 0.5) is 0 Å². The maximum atomic E-state index is 11.0. The zero-order chi connectivity index (χ0) is 11.5. The molecule has 0 unspecified atom stereocenters. The lowest BCUT2D eigenvalue weighted by Gasteiger charge is -2.00. The number of hydrogen-bond donors (Lipinski definition) is 0. The lowest BCUT2D eigenvalue weighted by Crippen LogP contribution is -2.01. The van der Waals surface area contributed by atoms with Crippen LogP contribution in [0.5, 0.6) is 0 Å². The highest BCUT2D eigenvalue weighted by Gasteiger charge is 2.05. The normalized spacial score (nSPS) is 10.6. The summed E-state index contributed by atoms with van der Waals surface area (Å²) in [6, 6.07) is 6.04. The summed E-state index contributed by atoms with van der Waals surface area (Å²) >= 11 is 4.95. The molecule has 0 bridgehead atoms.